The van der Waals surface area contributed by atoms with Crippen LogP contribution in [0.25, 0.3) is 0 Å². The fourth-order valence-corrected chi connectivity index (χ4v) is 6.40. The Hall–Kier alpha value is -2.07. The summed E-state index contributed by atoms with van der Waals surface area (Å²) in [6, 6.07) is 7.01. The summed E-state index contributed by atoms with van der Waals surface area (Å²) in [6.45, 7) is 4.16. The molecule has 5 rings (SSSR count). The zero-order valence-electron chi connectivity index (χ0n) is 16.4. The Bertz CT molecular complexity index is 884. The molecule has 142 valence electrons. The molecule has 2 heterocycles. The summed E-state index contributed by atoms with van der Waals surface area (Å²) in [5, 5.41) is 0. The number of esters is 1. The van der Waals surface area contributed by atoms with Crippen molar-refractivity contribution in [1.82, 2.24) is 4.90 Å². The Kier molecular flexibility index (Phi) is 3.77. The highest BCUT2D eigenvalue weighted by atomic mass is 16.5. The Morgan fingerprint density at radius 1 is 1.30 bits per heavy atom. The summed E-state index contributed by atoms with van der Waals surface area (Å²) in [4.78, 5) is 15.6. The van der Waals surface area contributed by atoms with Crippen molar-refractivity contribution in [2.75, 3.05) is 27.3 Å². The molecule has 2 fully saturated rings. The van der Waals surface area contributed by atoms with E-state index in [1.807, 2.05) is 0 Å². The largest absolute Gasteiger partial charge is 0.497 e. The number of hydrogen-bond donors (Lipinski definition) is 0. The summed E-state index contributed by atoms with van der Waals surface area (Å²) in [7, 11) is 3.25. The number of benzene rings is 1. The highest BCUT2D eigenvalue weighted by Gasteiger charge is 2.60. The molecule has 2 aliphatic carbocycles. The van der Waals surface area contributed by atoms with E-state index in [0.717, 1.165) is 50.1 Å². The third kappa shape index (κ3) is 2.11. The molecule has 0 radical (unpaired) electrons. The monoisotopic (exact) mass is 365 g/mol. The van der Waals surface area contributed by atoms with E-state index < -0.39 is 0 Å². The predicted molar refractivity (Wildman–Crippen MR) is 104 cm³/mol. The number of carbonyl (C=O) groups is 1. The second kappa shape index (κ2) is 5.96. The molecular weight excluding hydrogens is 338 g/mol. The van der Waals surface area contributed by atoms with Gasteiger partial charge < -0.3 is 9.47 Å². The standard InChI is InChI=1S/C23H27NO3/c1-4-14-13-24-10-9-23-18(21(22(25)27-3)17(14)12-20(23)24)8-6-15-5-7-16(26-2)11-19(15)23/h4-5,7,11,17,20H,6,8-10,12-13H2,1-3H3/b14-4-/t17?,20-,23+/m0/s1. The Morgan fingerprint density at radius 2 is 2.15 bits per heavy atom. The second-order valence-electron chi connectivity index (χ2n) is 8.27. The number of aryl methyl sites for hydroxylation is 1. The molecule has 1 aromatic rings. The van der Waals surface area contributed by atoms with Gasteiger partial charge in [0.25, 0.3) is 0 Å². The zero-order chi connectivity index (χ0) is 18.8. The number of methoxy groups -OCH3 is 2. The van der Waals surface area contributed by atoms with Gasteiger partial charge in [0.1, 0.15) is 5.75 Å². The summed E-state index contributed by atoms with van der Waals surface area (Å²) < 4.78 is 10.9. The van der Waals surface area contributed by atoms with Gasteiger partial charge in [0.15, 0.2) is 0 Å². The lowest BCUT2D eigenvalue weighted by Gasteiger charge is -2.53. The van der Waals surface area contributed by atoms with Crippen LogP contribution in [0.3, 0.4) is 0 Å². The van der Waals surface area contributed by atoms with Crippen molar-refractivity contribution >= 4 is 5.97 Å². The first-order valence-electron chi connectivity index (χ1n) is 10.0. The fraction of sp³-hybridized carbons (Fsp3) is 0.522. The molecule has 0 saturated carbocycles. The van der Waals surface area contributed by atoms with Gasteiger partial charge >= 0.3 is 5.97 Å². The van der Waals surface area contributed by atoms with E-state index in [-0.39, 0.29) is 17.3 Å². The Labute approximate surface area is 160 Å². The van der Waals surface area contributed by atoms with Crippen molar-refractivity contribution in [1.29, 1.82) is 0 Å². The van der Waals surface area contributed by atoms with Crippen molar-refractivity contribution in [3.05, 3.63) is 52.1 Å². The minimum atomic E-state index is -0.126. The van der Waals surface area contributed by atoms with Crippen LogP contribution in [0.4, 0.5) is 0 Å². The first kappa shape index (κ1) is 17.1. The summed E-state index contributed by atoms with van der Waals surface area (Å²) in [5.74, 6) is 1.01. The van der Waals surface area contributed by atoms with Gasteiger partial charge in [0.2, 0.25) is 0 Å². The number of carbonyl (C=O) groups excluding carboxylic acids is 1. The van der Waals surface area contributed by atoms with Gasteiger partial charge in [-0.25, -0.2) is 4.79 Å². The van der Waals surface area contributed by atoms with Crippen LogP contribution in [-0.2, 0) is 21.4 Å². The number of piperidine rings is 1. The third-order valence-electron chi connectivity index (χ3n) is 7.53. The van der Waals surface area contributed by atoms with E-state index >= 15 is 0 Å². The molecule has 3 atom stereocenters. The minimum Gasteiger partial charge on any atom is -0.497 e. The molecule has 0 aromatic heterocycles. The van der Waals surface area contributed by atoms with Crippen molar-refractivity contribution in [2.24, 2.45) is 5.92 Å². The van der Waals surface area contributed by atoms with E-state index in [9.17, 15) is 4.79 Å². The zero-order valence-corrected chi connectivity index (χ0v) is 16.4. The molecule has 4 heteroatoms. The number of ether oxygens (including phenoxy) is 2. The van der Waals surface area contributed by atoms with E-state index in [1.165, 1.54) is 29.4 Å². The van der Waals surface area contributed by atoms with Crippen LogP contribution in [-0.4, -0.2) is 44.2 Å². The van der Waals surface area contributed by atoms with Gasteiger partial charge in [-0.1, -0.05) is 17.7 Å². The van der Waals surface area contributed by atoms with E-state index in [0.29, 0.717) is 6.04 Å². The number of nitrogens with zero attached hydrogens (tertiary/aromatic N) is 1. The molecule has 2 bridgehead atoms. The third-order valence-corrected chi connectivity index (χ3v) is 7.53. The summed E-state index contributed by atoms with van der Waals surface area (Å²) in [5.41, 5.74) is 6.43. The van der Waals surface area contributed by atoms with Gasteiger partial charge in [-0.05, 0) is 61.4 Å². The number of fused-ring (bicyclic) bond motifs is 2. The summed E-state index contributed by atoms with van der Waals surface area (Å²) in [6.07, 6.45) is 6.26. The maximum atomic E-state index is 12.9. The predicted octanol–water partition coefficient (Wildman–Crippen LogP) is 3.40. The molecule has 1 spiro atoms. The van der Waals surface area contributed by atoms with Crippen LogP contribution >= 0.6 is 0 Å². The van der Waals surface area contributed by atoms with Crippen molar-refractivity contribution < 1.29 is 14.3 Å². The normalized spacial score (nSPS) is 32.9. The minimum absolute atomic E-state index is 0.0541. The molecule has 4 aliphatic rings. The van der Waals surface area contributed by atoms with Gasteiger partial charge in [-0.15, -0.1) is 0 Å². The molecule has 1 aromatic carbocycles. The first-order chi connectivity index (χ1) is 13.1. The fourth-order valence-electron chi connectivity index (χ4n) is 6.40. The average molecular weight is 365 g/mol. The number of rotatable bonds is 2. The van der Waals surface area contributed by atoms with E-state index in [2.05, 4.69) is 36.1 Å². The summed E-state index contributed by atoms with van der Waals surface area (Å²) >= 11 is 0. The smallest absolute Gasteiger partial charge is 0.334 e. The molecule has 0 amide bonds. The van der Waals surface area contributed by atoms with Gasteiger partial charge in [-0.3, -0.25) is 4.90 Å². The second-order valence-corrected chi connectivity index (χ2v) is 8.27. The molecular formula is C23H27NO3. The quantitative estimate of drug-likeness (QED) is 0.595. The molecule has 2 saturated heterocycles. The Balaban J connectivity index is 1.80. The lowest BCUT2D eigenvalue weighted by atomic mass is 9.54. The van der Waals surface area contributed by atoms with Crippen molar-refractivity contribution in [3.8, 4) is 5.75 Å². The first-order valence-corrected chi connectivity index (χ1v) is 10.0. The lowest BCUT2D eigenvalue weighted by molar-refractivity contribution is -0.137. The average Bonchev–Trinajstić information content (AvgIpc) is 3.11. The number of allylic oxidation sites excluding steroid dienone is 1. The lowest BCUT2D eigenvalue weighted by Crippen LogP contribution is -2.55. The molecule has 0 N–H and O–H groups in total. The molecule has 1 unspecified atom stereocenters. The molecule has 4 nitrogen and oxygen atoms in total. The topological polar surface area (TPSA) is 38.8 Å². The van der Waals surface area contributed by atoms with Gasteiger partial charge in [0.05, 0.1) is 14.2 Å². The Morgan fingerprint density at radius 3 is 2.89 bits per heavy atom. The maximum absolute atomic E-state index is 12.9. The van der Waals surface area contributed by atoms with Gasteiger partial charge in [-0.2, -0.15) is 0 Å². The molecule has 27 heavy (non-hydrogen) atoms. The highest BCUT2D eigenvalue weighted by molar-refractivity contribution is 5.92. The SMILES string of the molecule is C/C=C1/CN2CC[C@]34C(=C(C(=O)OC)C1C[C@H]23)CCc1ccc(OC)cc14. The number of hydrogen-bond acceptors (Lipinski definition) is 4. The van der Waals surface area contributed by atoms with E-state index in [1.54, 1.807) is 7.11 Å². The van der Waals surface area contributed by atoms with Crippen molar-refractivity contribution in [3.63, 3.8) is 0 Å². The van der Waals surface area contributed by atoms with Crippen LogP contribution in [0.5, 0.6) is 5.75 Å². The molecule has 2 aliphatic heterocycles. The van der Waals surface area contributed by atoms with Crippen LogP contribution in [0.15, 0.2) is 41.0 Å². The van der Waals surface area contributed by atoms with Crippen LogP contribution in [0.2, 0.25) is 0 Å². The van der Waals surface area contributed by atoms with Crippen LogP contribution < -0.4 is 4.74 Å². The van der Waals surface area contributed by atoms with E-state index in [4.69, 9.17) is 9.47 Å². The van der Waals surface area contributed by atoms with Crippen LogP contribution in [0.1, 0.15) is 37.3 Å². The highest BCUT2D eigenvalue weighted by Crippen LogP contribution is 2.60. The maximum Gasteiger partial charge on any atom is 0.334 e. The van der Waals surface area contributed by atoms with Crippen molar-refractivity contribution in [2.45, 2.75) is 44.1 Å². The van der Waals surface area contributed by atoms with Crippen LogP contribution in [0, 0.1) is 5.92 Å². The van der Waals surface area contributed by atoms with Gasteiger partial charge in [0, 0.05) is 36.0 Å².